The van der Waals surface area contributed by atoms with Crippen molar-refractivity contribution >= 4 is 42.7 Å². The quantitative estimate of drug-likeness (QED) is 0.240. The molecule has 10 heteroatoms. The number of rotatable bonds is 9. The molecule has 0 aliphatic carbocycles. The highest BCUT2D eigenvalue weighted by Crippen LogP contribution is 2.67. The molecule has 0 radical (unpaired) electrons. The number of aliphatic imine (C=N–C) groups is 1. The molecule has 1 aliphatic heterocycles. The van der Waals surface area contributed by atoms with Crippen molar-refractivity contribution in [2.45, 2.75) is 50.9 Å². The molecule has 0 fully saturated rings. The Bertz CT molecular complexity index is 764. The van der Waals surface area contributed by atoms with E-state index >= 15 is 0 Å². The molecule has 0 N–H and O–H groups in total. The van der Waals surface area contributed by atoms with Crippen LogP contribution >= 0.6 is 31.6 Å². The average Bonchev–Trinajstić information content (AvgIpc) is 2.94. The summed E-state index contributed by atoms with van der Waals surface area (Å²) in [6, 6.07) is 0. The topological polar surface area (TPSA) is 87.3 Å². The van der Waals surface area contributed by atoms with Crippen molar-refractivity contribution in [2.24, 2.45) is 4.99 Å². The van der Waals surface area contributed by atoms with E-state index in [-0.39, 0.29) is 26.4 Å². The number of thioether (sulfide) groups is 1. The van der Waals surface area contributed by atoms with Crippen molar-refractivity contribution in [3.05, 3.63) is 22.6 Å². The smallest absolute Gasteiger partial charge is 0.339 e. The van der Waals surface area contributed by atoms with E-state index in [4.69, 9.17) is 18.2 Å². The highest BCUT2D eigenvalue weighted by Gasteiger charge is 2.51. The third-order valence-corrected chi connectivity index (χ3v) is 8.14. The fourth-order valence-corrected chi connectivity index (χ4v) is 7.15. The molecular formula is C17H24NO6PS2. The van der Waals surface area contributed by atoms with Gasteiger partial charge in [-0.1, -0.05) is 0 Å². The van der Waals surface area contributed by atoms with Gasteiger partial charge in [-0.05, 0) is 39.9 Å². The molecule has 0 saturated carbocycles. The first-order chi connectivity index (χ1) is 12.9. The van der Waals surface area contributed by atoms with Crippen LogP contribution in [0.1, 0.15) is 49.1 Å². The fourth-order valence-electron chi connectivity index (χ4n) is 3.13. The van der Waals surface area contributed by atoms with Gasteiger partial charge in [-0.2, -0.15) is 0 Å². The Hall–Kier alpha value is -0.950. The average molecular weight is 433 g/mol. The number of fused-ring (bicyclic) bond motifs is 1. The Labute approximate surface area is 168 Å². The van der Waals surface area contributed by atoms with Gasteiger partial charge in [0.05, 0.1) is 37.3 Å². The summed E-state index contributed by atoms with van der Waals surface area (Å²) in [5, 5.41) is 1.61. The lowest BCUT2D eigenvalue weighted by Crippen LogP contribution is -2.32. The number of nitrogens with zero attached hydrogens (tertiary/aromatic N) is 1. The van der Waals surface area contributed by atoms with Crippen LogP contribution in [-0.4, -0.2) is 36.2 Å². The van der Waals surface area contributed by atoms with Gasteiger partial charge in [0.15, 0.2) is 0 Å². The zero-order valence-electron chi connectivity index (χ0n) is 15.9. The Morgan fingerprint density at radius 1 is 1.33 bits per heavy atom. The summed E-state index contributed by atoms with van der Waals surface area (Å²) < 4.78 is 36.0. The maximum Gasteiger partial charge on any atom is 0.339 e. The fraction of sp³-hybridized carbons (Fsp3) is 0.647. The molecule has 1 aromatic rings. The molecular weight excluding hydrogens is 409 g/mol. The largest absolute Gasteiger partial charge is 0.465 e. The lowest BCUT2D eigenvalue weighted by molar-refractivity contribution is -0.142. The normalized spacial score (nSPS) is 19.3. The van der Waals surface area contributed by atoms with Crippen LogP contribution in [0.3, 0.4) is 0 Å². The number of hydrogen-bond donors (Lipinski definition) is 0. The van der Waals surface area contributed by atoms with Gasteiger partial charge in [0.1, 0.15) is 22.4 Å². The number of carbonyl (C=O) groups excluding carboxylic acids is 1. The molecule has 0 bridgehead atoms. The van der Waals surface area contributed by atoms with Crippen LogP contribution in [0.4, 0.5) is 0 Å². The summed E-state index contributed by atoms with van der Waals surface area (Å²) >= 11 is 6.00. The van der Waals surface area contributed by atoms with Gasteiger partial charge >= 0.3 is 13.6 Å². The SMILES string of the molecule is CCOC(=O)C1SCc2oc(C)c(CN=C=S)c2C1P(=O)(OCC)OCC. The van der Waals surface area contributed by atoms with E-state index in [1.54, 1.807) is 27.7 Å². The molecule has 0 amide bonds. The summed E-state index contributed by atoms with van der Waals surface area (Å²) in [5.41, 5.74) is 0.558. The minimum Gasteiger partial charge on any atom is -0.465 e. The highest BCUT2D eigenvalue weighted by molar-refractivity contribution is 8.00. The predicted octanol–water partition coefficient (Wildman–Crippen LogP) is 4.68. The van der Waals surface area contributed by atoms with E-state index in [2.05, 4.69) is 22.4 Å². The molecule has 7 nitrogen and oxygen atoms in total. The molecule has 0 saturated heterocycles. The maximum atomic E-state index is 13.7. The summed E-state index contributed by atoms with van der Waals surface area (Å²) in [6.07, 6.45) is 0. The number of furan rings is 1. The van der Waals surface area contributed by atoms with Gasteiger partial charge in [-0.3, -0.25) is 9.36 Å². The highest BCUT2D eigenvalue weighted by atomic mass is 32.2. The van der Waals surface area contributed by atoms with Crippen LogP contribution in [0, 0.1) is 6.92 Å². The Balaban J connectivity index is 2.65. The molecule has 2 atom stereocenters. The van der Waals surface area contributed by atoms with E-state index in [0.29, 0.717) is 22.8 Å². The molecule has 0 spiro atoms. The van der Waals surface area contributed by atoms with Gasteiger partial charge in [0.2, 0.25) is 0 Å². The minimum atomic E-state index is -3.68. The lowest BCUT2D eigenvalue weighted by atomic mass is 10.0. The molecule has 2 rings (SSSR count). The summed E-state index contributed by atoms with van der Waals surface area (Å²) in [7, 11) is -3.68. The zero-order valence-corrected chi connectivity index (χ0v) is 18.4. The summed E-state index contributed by atoms with van der Waals surface area (Å²) in [6.45, 7) is 7.84. The number of ether oxygens (including phenoxy) is 1. The van der Waals surface area contributed by atoms with E-state index in [0.717, 1.165) is 5.56 Å². The monoisotopic (exact) mass is 433 g/mol. The van der Waals surface area contributed by atoms with E-state index in [9.17, 15) is 9.36 Å². The Kier molecular flexibility index (Phi) is 8.28. The van der Waals surface area contributed by atoms with Crippen LogP contribution < -0.4 is 0 Å². The lowest BCUT2D eigenvalue weighted by Gasteiger charge is -2.34. The molecule has 150 valence electrons. The number of thiocarbonyl (C=S) groups is 1. The van der Waals surface area contributed by atoms with Crippen molar-refractivity contribution in [3.8, 4) is 0 Å². The van der Waals surface area contributed by atoms with Crippen molar-refractivity contribution in [3.63, 3.8) is 0 Å². The molecule has 1 aromatic heterocycles. The third-order valence-electron chi connectivity index (χ3n) is 4.08. The first kappa shape index (κ1) is 22.3. The first-order valence-corrected chi connectivity index (χ1v) is 11.8. The van der Waals surface area contributed by atoms with E-state index < -0.39 is 24.5 Å². The Morgan fingerprint density at radius 2 is 2.00 bits per heavy atom. The standard InChI is InChI=1S/C17H24NO6PS2/c1-5-21-17(19)16-15(25(20,22-6-2)23-7-3)14-12(8-18-10-26)11(4)24-13(14)9-27-16/h15-16H,5-9H2,1-4H3. The van der Waals surface area contributed by atoms with Gasteiger partial charge in [0, 0.05) is 11.1 Å². The van der Waals surface area contributed by atoms with E-state index in [1.807, 2.05) is 0 Å². The number of carbonyl (C=O) groups is 1. The summed E-state index contributed by atoms with van der Waals surface area (Å²) in [5.74, 6) is 1.30. The second-order valence-corrected chi connectivity index (χ2v) is 9.15. The maximum absolute atomic E-state index is 13.7. The molecule has 2 heterocycles. The van der Waals surface area contributed by atoms with Gasteiger partial charge in [-0.15, -0.1) is 11.8 Å². The van der Waals surface area contributed by atoms with Crippen LogP contribution in [0.5, 0.6) is 0 Å². The molecule has 27 heavy (non-hydrogen) atoms. The van der Waals surface area contributed by atoms with Crippen molar-refractivity contribution < 1.29 is 27.6 Å². The van der Waals surface area contributed by atoms with Crippen LogP contribution in [-0.2, 0) is 35.4 Å². The Morgan fingerprint density at radius 3 is 2.56 bits per heavy atom. The van der Waals surface area contributed by atoms with Crippen LogP contribution in [0.2, 0.25) is 0 Å². The number of esters is 1. The molecule has 0 aromatic carbocycles. The number of hydrogen-bond acceptors (Lipinski definition) is 9. The van der Waals surface area contributed by atoms with Crippen molar-refractivity contribution in [1.82, 2.24) is 0 Å². The second kappa shape index (κ2) is 10.0. The third kappa shape index (κ3) is 4.73. The van der Waals surface area contributed by atoms with E-state index in [1.165, 1.54) is 11.8 Å². The first-order valence-electron chi connectivity index (χ1n) is 8.75. The summed E-state index contributed by atoms with van der Waals surface area (Å²) in [4.78, 5) is 16.7. The van der Waals surface area contributed by atoms with Gasteiger partial charge < -0.3 is 18.2 Å². The molecule has 2 unspecified atom stereocenters. The second-order valence-electron chi connectivity index (χ2n) is 5.69. The van der Waals surface area contributed by atoms with Gasteiger partial charge in [0.25, 0.3) is 0 Å². The zero-order chi connectivity index (χ0) is 20.0. The van der Waals surface area contributed by atoms with Crippen LogP contribution in [0.25, 0.3) is 0 Å². The van der Waals surface area contributed by atoms with Crippen LogP contribution in [0.15, 0.2) is 9.41 Å². The predicted molar refractivity (Wildman–Crippen MR) is 107 cm³/mol. The molecule has 1 aliphatic rings. The number of aryl methyl sites for hydroxylation is 1. The number of isothiocyanates is 1. The van der Waals surface area contributed by atoms with Gasteiger partial charge in [-0.25, -0.2) is 4.99 Å². The van der Waals surface area contributed by atoms with Crippen molar-refractivity contribution in [2.75, 3.05) is 19.8 Å². The minimum absolute atomic E-state index is 0.188. The van der Waals surface area contributed by atoms with Crippen molar-refractivity contribution in [1.29, 1.82) is 0 Å².